The Morgan fingerprint density at radius 1 is 1.26 bits per heavy atom. The van der Waals surface area contributed by atoms with E-state index in [-0.39, 0.29) is 5.91 Å². The summed E-state index contributed by atoms with van der Waals surface area (Å²) in [5, 5.41) is 2.75. The number of alkyl halides is 3. The summed E-state index contributed by atoms with van der Waals surface area (Å²) >= 11 is 18.3. The van der Waals surface area contributed by atoms with Crippen molar-refractivity contribution in [3.05, 3.63) is 35.4 Å². The van der Waals surface area contributed by atoms with Crippen LogP contribution in [0.1, 0.15) is 48.0 Å². The third-order valence-electron chi connectivity index (χ3n) is 5.75. The van der Waals surface area contributed by atoms with E-state index in [0.717, 1.165) is 12.0 Å². The van der Waals surface area contributed by atoms with Crippen molar-refractivity contribution in [2.24, 2.45) is 5.92 Å². The lowest BCUT2D eigenvalue weighted by atomic mass is 9.84. The fraction of sp³-hybridized carbons (Fsp3) is 0.650. The summed E-state index contributed by atoms with van der Waals surface area (Å²) in [5.41, 5.74) is 1.52. The minimum absolute atomic E-state index is 0.302. The maximum absolute atomic E-state index is 12.6. The van der Waals surface area contributed by atoms with Crippen molar-refractivity contribution in [1.29, 1.82) is 0 Å². The Hall–Kier alpha value is -0.520. The molecule has 4 atom stereocenters. The highest BCUT2D eigenvalue weighted by Crippen LogP contribution is 2.32. The molecule has 0 aliphatic carbocycles. The van der Waals surface area contributed by atoms with Gasteiger partial charge in [-0.25, -0.2) is 0 Å². The number of hydrogen-bond acceptors (Lipinski definition) is 2. The highest BCUT2D eigenvalue weighted by molar-refractivity contribution is 6.68. The molecule has 2 aliphatic heterocycles. The fourth-order valence-corrected chi connectivity index (χ4v) is 4.76. The van der Waals surface area contributed by atoms with Gasteiger partial charge in [0.2, 0.25) is 3.79 Å². The molecule has 0 saturated carbocycles. The van der Waals surface area contributed by atoms with Crippen LogP contribution in [-0.4, -0.2) is 41.7 Å². The van der Waals surface area contributed by atoms with Crippen molar-refractivity contribution in [1.82, 2.24) is 5.32 Å². The van der Waals surface area contributed by atoms with Gasteiger partial charge in [0.05, 0.1) is 25.7 Å². The largest absolute Gasteiger partial charge is 0.353 e. The Kier molecular flexibility index (Phi) is 7.32. The Labute approximate surface area is 176 Å². The van der Waals surface area contributed by atoms with Crippen LogP contribution in [0.2, 0.25) is 0 Å². The number of carbonyl (C=O) groups excluding carboxylic acids is 1. The number of hydrogen-bond donors (Lipinski definition) is 2. The van der Waals surface area contributed by atoms with Crippen LogP contribution < -0.4 is 10.2 Å². The highest BCUT2D eigenvalue weighted by Gasteiger charge is 2.40. The van der Waals surface area contributed by atoms with E-state index in [2.05, 4.69) is 5.32 Å². The van der Waals surface area contributed by atoms with Gasteiger partial charge in [0, 0.05) is 11.5 Å². The first-order chi connectivity index (χ1) is 12.8. The van der Waals surface area contributed by atoms with Crippen LogP contribution in [0.4, 0.5) is 0 Å². The third-order valence-corrected chi connectivity index (χ3v) is 6.34. The molecule has 4 nitrogen and oxygen atoms in total. The molecule has 2 fully saturated rings. The zero-order chi connectivity index (χ0) is 19.4. The van der Waals surface area contributed by atoms with E-state index >= 15 is 0 Å². The van der Waals surface area contributed by atoms with Crippen LogP contribution in [0.3, 0.4) is 0 Å². The van der Waals surface area contributed by atoms with Gasteiger partial charge in [0.25, 0.3) is 5.91 Å². The number of carbonyl (C=O) groups is 1. The summed E-state index contributed by atoms with van der Waals surface area (Å²) in [6.07, 6.45) is 5.17. The second-order valence-corrected chi connectivity index (χ2v) is 10.1. The second-order valence-electron chi connectivity index (χ2n) is 7.76. The SMILES string of the molecule is Cc1cccc(C(=O)N[C@H](OC[C@H]2CCC[NH+]3CCCC[C@H]23)C(Cl)(Cl)Cl)c1. The predicted molar refractivity (Wildman–Crippen MR) is 110 cm³/mol. The zero-order valence-electron chi connectivity index (χ0n) is 15.6. The summed E-state index contributed by atoms with van der Waals surface area (Å²) < 4.78 is 4.25. The van der Waals surface area contributed by atoms with Crippen LogP contribution in [0.5, 0.6) is 0 Å². The van der Waals surface area contributed by atoms with Crippen LogP contribution in [0, 0.1) is 12.8 Å². The van der Waals surface area contributed by atoms with E-state index in [1.807, 2.05) is 19.1 Å². The van der Waals surface area contributed by atoms with E-state index in [0.29, 0.717) is 24.1 Å². The Morgan fingerprint density at radius 3 is 2.78 bits per heavy atom. The van der Waals surface area contributed by atoms with Crippen molar-refractivity contribution in [2.75, 3.05) is 19.7 Å². The van der Waals surface area contributed by atoms with Crippen molar-refractivity contribution in [3.63, 3.8) is 0 Å². The smallest absolute Gasteiger partial charge is 0.253 e. The average molecular weight is 435 g/mol. The molecule has 0 bridgehead atoms. The van der Waals surface area contributed by atoms with Crippen molar-refractivity contribution in [2.45, 2.75) is 55.1 Å². The maximum atomic E-state index is 12.6. The first kappa shape index (κ1) is 21.2. The Morgan fingerprint density at radius 2 is 2.04 bits per heavy atom. The molecule has 1 aromatic carbocycles. The number of quaternary nitrogens is 1. The quantitative estimate of drug-likeness (QED) is 0.552. The molecule has 0 spiro atoms. The number of amides is 1. The minimum Gasteiger partial charge on any atom is -0.353 e. The van der Waals surface area contributed by atoms with E-state index < -0.39 is 10.0 Å². The molecule has 1 unspecified atom stereocenters. The third kappa shape index (κ3) is 5.74. The number of benzene rings is 1. The lowest BCUT2D eigenvalue weighted by molar-refractivity contribution is -0.940. The molecular weight excluding hydrogens is 407 g/mol. The summed E-state index contributed by atoms with van der Waals surface area (Å²) in [5.74, 6) is 0.142. The summed E-state index contributed by atoms with van der Waals surface area (Å²) in [6.45, 7) is 4.93. The van der Waals surface area contributed by atoms with Gasteiger partial charge in [-0.2, -0.15) is 0 Å². The molecule has 27 heavy (non-hydrogen) atoms. The van der Waals surface area contributed by atoms with Gasteiger partial charge in [0.1, 0.15) is 0 Å². The molecule has 7 heteroatoms. The fourth-order valence-electron chi connectivity index (χ4n) is 4.40. The number of ether oxygens (including phenoxy) is 1. The first-order valence-electron chi connectivity index (χ1n) is 9.75. The molecule has 2 saturated heterocycles. The van der Waals surface area contributed by atoms with Crippen molar-refractivity contribution in [3.8, 4) is 0 Å². The maximum Gasteiger partial charge on any atom is 0.253 e. The summed E-state index contributed by atoms with van der Waals surface area (Å²) in [4.78, 5) is 14.3. The van der Waals surface area contributed by atoms with Crippen molar-refractivity contribution >= 4 is 40.7 Å². The van der Waals surface area contributed by atoms with Gasteiger partial charge in [-0.1, -0.05) is 52.5 Å². The van der Waals surface area contributed by atoms with Crippen LogP contribution >= 0.6 is 34.8 Å². The first-order valence-corrected chi connectivity index (χ1v) is 10.9. The van der Waals surface area contributed by atoms with E-state index in [1.54, 1.807) is 17.0 Å². The molecule has 2 N–H and O–H groups in total. The molecular formula is C20H28Cl3N2O2+. The molecule has 2 heterocycles. The normalized spacial score (nSPS) is 26.9. The number of piperidine rings is 2. The predicted octanol–water partition coefficient (Wildman–Crippen LogP) is 3.29. The number of fused-ring (bicyclic) bond motifs is 1. The summed E-state index contributed by atoms with van der Waals surface area (Å²) in [7, 11) is 0. The molecule has 1 amide bonds. The highest BCUT2D eigenvalue weighted by atomic mass is 35.6. The van der Waals surface area contributed by atoms with Crippen LogP contribution in [0.25, 0.3) is 0 Å². The standard InChI is InChI=1S/C20H27Cl3N2O2/c1-14-6-4-7-15(12-14)18(26)24-19(20(21,22)23)27-13-16-8-5-11-25-10-3-2-9-17(16)25/h4,6-7,12,16-17,19H,2-3,5,8-11,13H2,1H3,(H,24,26)/p+1/t16-,17-,19-/m1/s1. The number of aryl methyl sites for hydroxylation is 1. The second kappa shape index (κ2) is 9.32. The van der Waals surface area contributed by atoms with Gasteiger partial charge in [-0.15, -0.1) is 0 Å². The summed E-state index contributed by atoms with van der Waals surface area (Å²) in [6, 6.07) is 7.92. The van der Waals surface area contributed by atoms with Gasteiger partial charge >= 0.3 is 0 Å². The zero-order valence-corrected chi connectivity index (χ0v) is 17.9. The molecule has 0 aromatic heterocycles. The van der Waals surface area contributed by atoms with E-state index in [1.165, 1.54) is 38.8 Å². The molecule has 0 radical (unpaired) electrons. The number of nitrogens with one attached hydrogen (secondary N) is 2. The topological polar surface area (TPSA) is 42.8 Å². The van der Waals surface area contributed by atoms with Crippen LogP contribution in [0.15, 0.2) is 24.3 Å². The van der Waals surface area contributed by atoms with E-state index in [9.17, 15) is 4.79 Å². The lowest BCUT2D eigenvalue weighted by Crippen LogP contribution is -3.18. The molecule has 150 valence electrons. The molecule has 1 aromatic rings. The molecule has 2 aliphatic rings. The van der Waals surface area contributed by atoms with Gasteiger partial charge in [-0.3, -0.25) is 4.79 Å². The van der Waals surface area contributed by atoms with Gasteiger partial charge < -0.3 is 15.0 Å². The van der Waals surface area contributed by atoms with Gasteiger partial charge in [0.15, 0.2) is 6.23 Å². The molecule has 3 rings (SSSR count). The number of halogens is 3. The minimum atomic E-state index is -1.73. The lowest BCUT2D eigenvalue weighted by Gasteiger charge is -2.41. The van der Waals surface area contributed by atoms with Gasteiger partial charge in [-0.05, 0) is 51.2 Å². The van der Waals surface area contributed by atoms with Crippen molar-refractivity contribution < 1.29 is 14.4 Å². The number of rotatable bonds is 5. The monoisotopic (exact) mass is 433 g/mol. The average Bonchev–Trinajstić information content (AvgIpc) is 2.64. The van der Waals surface area contributed by atoms with E-state index in [4.69, 9.17) is 39.5 Å². The Balaban J connectivity index is 1.62. The van der Waals surface area contributed by atoms with Crippen LogP contribution in [-0.2, 0) is 4.74 Å². The Bertz CT molecular complexity index is 648.